The number of nitrogens with zero attached hydrogens (tertiary/aromatic N) is 1. The predicted octanol–water partition coefficient (Wildman–Crippen LogP) is 4.94. The number of carbonyl (C=O) groups excluding carboxylic acids is 1. The van der Waals surface area contributed by atoms with Gasteiger partial charge in [0.15, 0.2) is 0 Å². The molecule has 4 N–H and O–H groups in total. The van der Waals surface area contributed by atoms with Crippen LogP contribution in [0.5, 0.6) is 0 Å². The minimum absolute atomic E-state index is 0.0260. The number of halogens is 3. The number of pyridine rings is 1. The van der Waals surface area contributed by atoms with E-state index in [1.165, 1.54) is 36.5 Å². The maximum Gasteiger partial charge on any atom is 0.238 e. The van der Waals surface area contributed by atoms with Crippen molar-refractivity contribution < 1.29 is 26.4 Å². The number of benzene rings is 3. The molecule has 0 aliphatic rings. The van der Waals surface area contributed by atoms with E-state index in [-0.39, 0.29) is 23.3 Å². The zero-order chi connectivity index (χ0) is 28.4. The maximum absolute atomic E-state index is 14.0. The summed E-state index contributed by atoms with van der Waals surface area (Å²) >= 11 is 0. The lowest BCUT2D eigenvalue weighted by atomic mass is 9.95. The Bertz CT molecular complexity index is 1820. The Kier molecular flexibility index (Phi) is 7.42. The van der Waals surface area contributed by atoms with Gasteiger partial charge >= 0.3 is 0 Å². The Hall–Kier alpha value is -4.48. The van der Waals surface area contributed by atoms with Crippen LogP contribution in [0.3, 0.4) is 0 Å². The summed E-state index contributed by atoms with van der Waals surface area (Å²) in [5, 5.41) is 8.76. The van der Waals surface area contributed by atoms with Gasteiger partial charge in [0.25, 0.3) is 0 Å². The number of primary sulfonamides is 1. The van der Waals surface area contributed by atoms with Crippen molar-refractivity contribution >= 4 is 26.8 Å². The molecular weight excluding hydrogens is 541 g/mol. The highest BCUT2D eigenvalue weighted by Gasteiger charge is 2.23. The summed E-state index contributed by atoms with van der Waals surface area (Å²) in [4.78, 5) is 20.6. The number of amides is 1. The molecule has 2 aromatic heterocycles. The van der Waals surface area contributed by atoms with Crippen LogP contribution in [0.4, 0.5) is 13.2 Å². The van der Waals surface area contributed by atoms with Crippen LogP contribution in [0.2, 0.25) is 0 Å². The number of rotatable bonds is 8. The Morgan fingerprint density at radius 1 is 0.950 bits per heavy atom. The minimum atomic E-state index is -4.00. The number of aromatic amines is 1. The lowest BCUT2D eigenvalue weighted by Gasteiger charge is -2.22. The van der Waals surface area contributed by atoms with Gasteiger partial charge < -0.3 is 10.3 Å². The van der Waals surface area contributed by atoms with Crippen molar-refractivity contribution in [3.8, 4) is 11.1 Å². The van der Waals surface area contributed by atoms with Crippen LogP contribution in [-0.2, 0) is 27.7 Å². The van der Waals surface area contributed by atoms with Crippen LogP contribution < -0.4 is 10.5 Å². The molecule has 0 spiro atoms. The highest BCUT2D eigenvalue weighted by Crippen LogP contribution is 2.30. The van der Waals surface area contributed by atoms with Gasteiger partial charge in [0, 0.05) is 34.9 Å². The zero-order valence-electron chi connectivity index (χ0n) is 20.9. The summed E-state index contributed by atoms with van der Waals surface area (Å²) in [6.07, 6.45) is 2.98. The van der Waals surface area contributed by atoms with Crippen LogP contribution in [0.15, 0.2) is 90.1 Å². The van der Waals surface area contributed by atoms with Crippen LogP contribution in [0.25, 0.3) is 22.0 Å². The second-order valence-electron chi connectivity index (χ2n) is 9.29. The number of fused-ring (bicyclic) bond motifs is 1. The lowest BCUT2D eigenvalue weighted by molar-refractivity contribution is -0.121. The Morgan fingerprint density at radius 2 is 1.73 bits per heavy atom. The lowest BCUT2D eigenvalue weighted by Crippen LogP contribution is -2.32. The van der Waals surface area contributed by atoms with Gasteiger partial charge in [-0.25, -0.2) is 26.7 Å². The molecule has 1 amide bonds. The van der Waals surface area contributed by atoms with Gasteiger partial charge in [-0.2, -0.15) is 0 Å². The molecule has 0 saturated heterocycles. The van der Waals surface area contributed by atoms with Gasteiger partial charge in [0.05, 0.1) is 23.1 Å². The molecular formula is C29H23F3N4O3S. The van der Waals surface area contributed by atoms with Crippen molar-refractivity contribution in [2.45, 2.75) is 23.8 Å². The van der Waals surface area contributed by atoms with Crippen LogP contribution in [-0.4, -0.2) is 24.3 Å². The van der Waals surface area contributed by atoms with Crippen molar-refractivity contribution in [3.63, 3.8) is 0 Å². The topological polar surface area (TPSA) is 118 Å². The Labute approximate surface area is 227 Å². The molecule has 0 saturated carbocycles. The number of nitrogens with one attached hydrogen (secondary N) is 2. The molecule has 11 heteroatoms. The van der Waals surface area contributed by atoms with Crippen LogP contribution in [0.1, 0.15) is 22.9 Å². The number of nitrogens with two attached hydrogens (primary N) is 1. The molecule has 0 bridgehead atoms. The first-order valence-corrected chi connectivity index (χ1v) is 13.7. The van der Waals surface area contributed by atoms with Gasteiger partial charge in [0.1, 0.15) is 17.5 Å². The second-order valence-corrected chi connectivity index (χ2v) is 10.9. The highest BCUT2D eigenvalue weighted by molar-refractivity contribution is 7.89. The van der Waals surface area contributed by atoms with Gasteiger partial charge in [-0.15, -0.1) is 0 Å². The van der Waals surface area contributed by atoms with Crippen LogP contribution >= 0.6 is 0 Å². The SMILES string of the molecule is NS(=O)(=O)c1cccc(-c2cccnc2C(Cc2cc(F)cc(F)c2)NC(=O)Cc2c[nH]c3ccc(F)cc23)c1. The van der Waals surface area contributed by atoms with Crippen molar-refractivity contribution in [2.75, 3.05) is 0 Å². The third kappa shape index (κ3) is 6.05. The summed E-state index contributed by atoms with van der Waals surface area (Å²) in [5.41, 5.74) is 2.79. The Balaban J connectivity index is 1.53. The molecule has 5 rings (SSSR count). The van der Waals surface area contributed by atoms with E-state index < -0.39 is 39.4 Å². The second kappa shape index (κ2) is 10.9. The minimum Gasteiger partial charge on any atom is -0.361 e. The van der Waals surface area contributed by atoms with Crippen molar-refractivity contribution in [1.82, 2.24) is 15.3 Å². The summed E-state index contributed by atoms with van der Waals surface area (Å²) in [7, 11) is -4.00. The fourth-order valence-electron chi connectivity index (χ4n) is 4.68. The number of hydrogen-bond acceptors (Lipinski definition) is 4. The standard InChI is InChI=1S/C29H23F3N4O3S/c30-20-6-7-26-25(15-20)19(16-35-26)13-28(37)36-27(11-17-9-21(31)14-22(32)10-17)29-24(5-2-8-34-29)18-3-1-4-23(12-18)40(33,38)39/h1-10,12,14-16,27,35H,11,13H2,(H,36,37)(H2,33,38,39). The molecule has 204 valence electrons. The summed E-state index contributed by atoms with van der Waals surface area (Å²) in [6, 6.07) is 15.7. The van der Waals surface area contributed by atoms with Crippen molar-refractivity contribution in [1.29, 1.82) is 0 Å². The number of sulfonamides is 1. The molecule has 1 unspecified atom stereocenters. The van der Waals surface area contributed by atoms with Crippen molar-refractivity contribution in [3.05, 3.63) is 119 Å². The van der Waals surface area contributed by atoms with Gasteiger partial charge in [-0.05, 0) is 71.6 Å². The quantitative estimate of drug-likeness (QED) is 0.248. The summed E-state index contributed by atoms with van der Waals surface area (Å²) < 4.78 is 65.8. The molecule has 0 radical (unpaired) electrons. The van der Waals surface area contributed by atoms with Gasteiger partial charge in [-0.1, -0.05) is 18.2 Å². The fourth-order valence-corrected chi connectivity index (χ4v) is 5.24. The number of carbonyl (C=O) groups is 1. The molecule has 40 heavy (non-hydrogen) atoms. The highest BCUT2D eigenvalue weighted by atomic mass is 32.2. The third-order valence-electron chi connectivity index (χ3n) is 6.42. The molecule has 7 nitrogen and oxygen atoms in total. The fraction of sp³-hybridized carbons (Fsp3) is 0.103. The van der Waals surface area contributed by atoms with E-state index >= 15 is 0 Å². The van der Waals surface area contributed by atoms with E-state index in [0.717, 1.165) is 18.2 Å². The third-order valence-corrected chi connectivity index (χ3v) is 7.33. The normalized spacial score (nSPS) is 12.4. The van der Waals surface area contributed by atoms with Crippen molar-refractivity contribution in [2.24, 2.45) is 5.14 Å². The maximum atomic E-state index is 14.0. The largest absolute Gasteiger partial charge is 0.361 e. The van der Waals surface area contributed by atoms with E-state index in [9.17, 15) is 26.4 Å². The molecule has 1 atom stereocenters. The predicted molar refractivity (Wildman–Crippen MR) is 144 cm³/mol. The monoisotopic (exact) mass is 564 g/mol. The molecule has 2 heterocycles. The van der Waals surface area contributed by atoms with E-state index in [4.69, 9.17) is 5.14 Å². The van der Waals surface area contributed by atoms with Gasteiger partial charge in [0.2, 0.25) is 15.9 Å². The Morgan fingerprint density at radius 3 is 2.48 bits per heavy atom. The molecule has 3 aromatic carbocycles. The van der Waals surface area contributed by atoms with E-state index in [1.54, 1.807) is 30.5 Å². The number of H-pyrrole nitrogens is 1. The first-order valence-electron chi connectivity index (χ1n) is 12.1. The van der Waals surface area contributed by atoms with E-state index in [0.29, 0.717) is 33.3 Å². The van der Waals surface area contributed by atoms with E-state index in [1.807, 2.05) is 0 Å². The van der Waals surface area contributed by atoms with E-state index in [2.05, 4.69) is 15.3 Å². The molecule has 0 fully saturated rings. The van der Waals surface area contributed by atoms with Crippen LogP contribution in [0, 0.1) is 17.5 Å². The number of hydrogen-bond donors (Lipinski definition) is 3. The molecule has 0 aliphatic heterocycles. The smallest absolute Gasteiger partial charge is 0.238 e. The first kappa shape index (κ1) is 27.1. The molecule has 0 aliphatic carbocycles. The van der Waals surface area contributed by atoms with Gasteiger partial charge in [-0.3, -0.25) is 9.78 Å². The average molecular weight is 565 g/mol. The summed E-state index contributed by atoms with van der Waals surface area (Å²) in [5.74, 6) is -2.44. The zero-order valence-corrected chi connectivity index (χ0v) is 21.7. The average Bonchev–Trinajstić information content (AvgIpc) is 3.28. The summed E-state index contributed by atoms with van der Waals surface area (Å²) in [6.45, 7) is 0. The molecule has 5 aromatic rings. The number of aromatic nitrogens is 2. The first-order chi connectivity index (χ1) is 19.1.